The SMILES string of the molecule is CC(C)[C@@H]1CC[C@@H](C)CC1O[C@H]1OC(=O)[C@@H]2Cc3ccccc3C[C@]12C.CC(C)[C@@H]1CC[C@@H](C)C[C@H]1O[C@@H]1OC(=O)[C@H]2Cc3ccccc3C[C@@]12C.CC(C)[C@H]1CC[C@H](C)C[C@@H]1O[C@@H]1OC(=O)[C@H]2Cc3ccccc3C[C@@]12C.CC(C)[C@H]1CC[C@H](C)C[C@@H]1O[C@H]1OC(=O)[C@@H]2Cc3ccccc3C[C@]12C. The van der Waals surface area contributed by atoms with E-state index in [9.17, 15) is 19.2 Å². The zero-order valence-electron chi connectivity index (χ0n) is 66.1. The molecule has 0 bridgehead atoms. The molecule has 568 valence electrons. The Morgan fingerprint density at radius 1 is 0.298 bits per heavy atom. The van der Waals surface area contributed by atoms with E-state index in [4.69, 9.17) is 37.9 Å². The summed E-state index contributed by atoms with van der Waals surface area (Å²) in [6, 6.07) is 34.0. The van der Waals surface area contributed by atoms with E-state index in [1.165, 1.54) is 95.9 Å². The average molecular weight is 1430 g/mol. The van der Waals surface area contributed by atoms with Crippen LogP contribution in [0.3, 0.4) is 0 Å². The van der Waals surface area contributed by atoms with Crippen molar-refractivity contribution in [3.63, 3.8) is 0 Å². The first-order valence-electron chi connectivity index (χ1n) is 41.2. The number of cyclic esters (lactones) is 4. The summed E-state index contributed by atoms with van der Waals surface area (Å²) in [6.45, 7) is 36.4. The number of carbonyl (C=O) groups is 4. The molecule has 12 nitrogen and oxygen atoms in total. The quantitative estimate of drug-likeness (QED) is 0.0984. The first kappa shape index (κ1) is 76.8. The highest BCUT2D eigenvalue weighted by molar-refractivity contribution is 5.79. The fourth-order valence-corrected chi connectivity index (χ4v) is 21.8. The van der Waals surface area contributed by atoms with E-state index in [1.54, 1.807) is 0 Å². The number of hydrogen-bond donors (Lipinski definition) is 0. The van der Waals surface area contributed by atoms with Gasteiger partial charge in [-0.05, 0) is 218 Å². The second-order valence-corrected chi connectivity index (χ2v) is 37.9. The lowest BCUT2D eigenvalue weighted by Gasteiger charge is -2.42. The van der Waals surface area contributed by atoms with Gasteiger partial charge in [-0.1, -0.05) is 234 Å². The van der Waals surface area contributed by atoms with E-state index in [0.717, 1.165) is 77.0 Å². The van der Waals surface area contributed by atoms with Crippen LogP contribution in [0.2, 0.25) is 0 Å². The van der Waals surface area contributed by atoms with Gasteiger partial charge in [-0.3, -0.25) is 19.2 Å². The number of hydrogen-bond acceptors (Lipinski definition) is 12. The maximum absolute atomic E-state index is 12.7. The summed E-state index contributed by atoms with van der Waals surface area (Å²) in [5, 5.41) is 0. The van der Waals surface area contributed by atoms with Crippen LogP contribution in [-0.2, 0) is 108 Å². The summed E-state index contributed by atoms with van der Waals surface area (Å²) in [6.07, 6.45) is 20.0. The highest BCUT2D eigenvalue weighted by atomic mass is 16.7. The Kier molecular flexibility index (Phi) is 23.1. The monoisotopic (exact) mass is 1420 g/mol. The van der Waals surface area contributed by atoms with Crippen LogP contribution in [0.25, 0.3) is 0 Å². The fraction of sp³-hybridized carbons (Fsp3) is 0.696. The Morgan fingerprint density at radius 3 is 0.663 bits per heavy atom. The fourth-order valence-electron chi connectivity index (χ4n) is 21.8. The Hall–Kier alpha value is -5.40. The molecule has 4 aromatic rings. The summed E-state index contributed by atoms with van der Waals surface area (Å²) >= 11 is 0. The van der Waals surface area contributed by atoms with Crippen molar-refractivity contribution in [2.75, 3.05) is 0 Å². The van der Waals surface area contributed by atoms with Crippen molar-refractivity contribution in [3.8, 4) is 0 Å². The van der Waals surface area contributed by atoms with Gasteiger partial charge in [0.2, 0.25) is 25.2 Å². The third-order valence-electron chi connectivity index (χ3n) is 28.9. The second-order valence-electron chi connectivity index (χ2n) is 37.9. The van der Waals surface area contributed by atoms with E-state index >= 15 is 0 Å². The van der Waals surface area contributed by atoms with E-state index in [-0.39, 0.29) is 93.6 Å². The molecule has 4 saturated carbocycles. The smallest absolute Gasteiger partial charge is 0.312 e. The lowest BCUT2D eigenvalue weighted by Crippen LogP contribution is -2.45. The molecule has 0 spiro atoms. The standard InChI is InChI=1S/4C23H32O3/c4*1-14(2)18-10-9-15(3)11-20(18)25-22-23(4)13-17-8-6-5-7-16(17)12-19(23)21(24)26-22/h4*5-8,14-15,18-20,22H,9-13H2,1-4H3/t15-,18+,19+,20?,22+,23+;15-,18+,19+,20-,22+,23+;2*15-,18+,19-,20-,22-,23-/m1010/s1. The second kappa shape index (κ2) is 31.3. The lowest BCUT2D eigenvalue weighted by atomic mass is 9.66. The van der Waals surface area contributed by atoms with Crippen LogP contribution in [0.15, 0.2) is 97.1 Å². The number of benzene rings is 4. The summed E-state index contributed by atoms with van der Waals surface area (Å²) in [5.41, 5.74) is 9.51. The summed E-state index contributed by atoms with van der Waals surface area (Å²) < 4.78 is 49.8. The van der Waals surface area contributed by atoms with Gasteiger partial charge < -0.3 is 37.9 Å². The van der Waals surface area contributed by atoms with Gasteiger partial charge >= 0.3 is 23.9 Å². The van der Waals surface area contributed by atoms with Crippen molar-refractivity contribution in [1.82, 2.24) is 0 Å². The van der Waals surface area contributed by atoms with Gasteiger partial charge in [-0.2, -0.15) is 0 Å². The predicted octanol–water partition coefficient (Wildman–Crippen LogP) is 19.1. The molecule has 8 fully saturated rings. The first-order chi connectivity index (χ1) is 49.5. The van der Waals surface area contributed by atoms with Crippen LogP contribution in [0.4, 0.5) is 0 Å². The van der Waals surface area contributed by atoms with Crippen molar-refractivity contribution < 1.29 is 57.1 Å². The summed E-state index contributed by atoms with van der Waals surface area (Å²) in [4.78, 5) is 50.6. The van der Waals surface area contributed by atoms with Crippen LogP contribution >= 0.6 is 0 Å². The van der Waals surface area contributed by atoms with E-state index in [0.29, 0.717) is 71.0 Å². The van der Waals surface area contributed by atoms with Gasteiger partial charge in [0.05, 0.1) is 48.1 Å². The minimum absolute atomic E-state index is 0.0723. The number of rotatable bonds is 12. The maximum Gasteiger partial charge on any atom is 0.312 e. The minimum atomic E-state index is -0.412. The molecule has 12 heteroatoms. The molecule has 1 unspecified atom stereocenters. The van der Waals surface area contributed by atoms with Crippen molar-refractivity contribution in [3.05, 3.63) is 142 Å². The molecule has 4 aliphatic heterocycles. The molecule has 0 N–H and O–H groups in total. The number of carbonyl (C=O) groups excluding carboxylic acids is 4. The molecule has 4 saturated heterocycles. The highest BCUT2D eigenvalue weighted by Crippen LogP contribution is 2.56. The van der Waals surface area contributed by atoms with Crippen LogP contribution in [-0.4, -0.2) is 73.5 Å². The van der Waals surface area contributed by atoms with Crippen LogP contribution in [0.5, 0.6) is 0 Å². The summed E-state index contributed by atoms with van der Waals surface area (Å²) in [7, 11) is 0. The van der Waals surface area contributed by atoms with Gasteiger partial charge in [0.25, 0.3) is 0 Å². The van der Waals surface area contributed by atoms with Gasteiger partial charge in [0, 0.05) is 21.7 Å². The normalized spacial score (nSPS) is 39.4. The largest absolute Gasteiger partial charge is 0.435 e. The molecule has 4 aromatic carbocycles. The molecule has 0 aromatic heterocycles. The number of fused-ring (bicyclic) bond motifs is 8. The molecule has 16 rings (SSSR count). The molecule has 4 heterocycles. The summed E-state index contributed by atoms with van der Waals surface area (Å²) in [5.74, 6) is 6.74. The lowest BCUT2D eigenvalue weighted by molar-refractivity contribution is -0.212. The molecule has 8 aliphatic carbocycles. The van der Waals surface area contributed by atoms with Crippen LogP contribution < -0.4 is 0 Å². The molecular formula is C92H128O12. The number of ether oxygens (including phenoxy) is 8. The zero-order chi connectivity index (χ0) is 73.9. The van der Waals surface area contributed by atoms with Gasteiger partial charge in [0.15, 0.2) is 0 Å². The molecule has 24 atom stereocenters. The van der Waals surface area contributed by atoms with Crippen molar-refractivity contribution in [2.24, 2.45) is 116 Å². The molecule has 0 radical (unpaired) electrons. The highest BCUT2D eigenvalue weighted by Gasteiger charge is 2.62. The van der Waals surface area contributed by atoms with Gasteiger partial charge in [-0.15, -0.1) is 0 Å². The van der Waals surface area contributed by atoms with E-state index in [1.807, 2.05) is 0 Å². The van der Waals surface area contributed by atoms with E-state index < -0.39 is 25.2 Å². The van der Waals surface area contributed by atoms with Crippen molar-refractivity contribution in [2.45, 2.75) is 289 Å². The number of esters is 4. The maximum atomic E-state index is 12.7. The zero-order valence-corrected chi connectivity index (χ0v) is 66.1. The Morgan fingerprint density at radius 2 is 0.481 bits per heavy atom. The average Bonchev–Trinajstić information content (AvgIpc) is 1.60. The van der Waals surface area contributed by atoms with Crippen molar-refractivity contribution in [1.29, 1.82) is 0 Å². The van der Waals surface area contributed by atoms with Crippen LogP contribution in [0.1, 0.15) is 232 Å². The Labute approximate surface area is 624 Å². The predicted molar refractivity (Wildman–Crippen MR) is 406 cm³/mol. The Balaban J connectivity index is 0.000000123. The minimum Gasteiger partial charge on any atom is -0.435 e. The molecule has 12 aliphatic rings. The Bertz CT molecular complexity index is 3200. The van der Waals surface area contributed by atoms with Crippen LogP contribution in [0, 0.1) is 116 Å². The third-order valence-corrected chi connectivity index (χ3v) is 28.9. The third kappa shape index (κ3) is 15.5. The molecule has 104 heavy (non-hydrogen) atoms. The van der Waals surface area contributed by atoms with Gasteiger partial charge in [-0.25, -0.2) is 0 Å². The van der Waals surface area contributed by atoms with Crippen molar-refractivity contribution >= 4 is 23.9 Å². The van der Waals surface area contributed by atoms with Gasteiger partial charge in [0.1, 0.15) is 0 Å². The molecular weight excluding hydrogens is 1300 g/mol. The first-order valence-corrected chi connectivity index (χ1v) is 41.2. The molecule has 0 amide bonds. The topological polar surface area (TPSA) is 142 Å². The van der Waals surface area contributed by atoms with E-state index in [2.05, 4.69) is 208 Å².